The van der Waals surface area contributed by atoms with Crippen molar-refractivity contribution in [3.05, 3.63) is 29.3 Å². The molecule has 0 radical (unpaired) electrons. The summed E-state index contributed by atoms with van der Waals surface area (Å²) in [6.07, 6.45) is -0.338. The summed E-state index contributed by atoms with van der Waals surface area (Å²) < 4.78 is 106. The molecule has 3 N–H and O–H groups in total. The van der Waals surface area contributed by atoms with Gasteiger partial charge in [0.1, 0.15) is 0 Å². The molecule has 276 valence electrons. The maximum Gasteiger partial charge on any atom is 0.416 e. The van der Waals surface area contributed by atoms with Crippen LogP contribution in [0.15, 0.2) is 23.1 Å². The van der Waals surface area contributed by atoms with Gasteiger partial charge >= 0.3 is 12.4 Å². The lowest BCUT2D eigenvalue weighted by Gasteiger charge is -2.61. The largest absolute Gasteiger partial charge is 0.416 e. The number of aliphatic hydroxyl groups is 1. The van der Waals surface area contributed by atoms with Gasteiger partial charge in [-0.25, -0.2) is 13.1 Å². The number of nitrogens with one attached hydrogen (secondary N) is 2. The van der Waals surface area contributed by atoms with Crippen LogP contribution in [0.4, 0.5) is 26.3 Å². The van der Waals surface area contributed by atoms with E-state index < -0.39 is 50.7 Å². The molecule has 4 saturated carbocycles. The maximum absolute atomic E-state index is 13.2. The average Bonchev–Trinajstić information content (AvgIpc) is 3.36. The van der Waals surface area contributed by atoms with Crippen molar-refractivity contribution in [3.8, 4) is 0 Å². The molecule has 9 atom stereocenters. The highest BCUT2D eigenvalue weighted by atomic mass is 32.2. The molecule has 7 nitrogen and oxygen atoms in total. The van der Waals surface area contributed by atoms with Gasteiger partial charge in [0.25, 0.3) is 10.0 Å². The molecule has 4 aliphatic rings. The quantitative estimate of drug-likeness (QED) is 0.229. The van der Waals surface area contributed by atoms with E-state index in [-0.39, 0.29) is 54.5 Å². The Morgan fingerprint density at radius 3 is 2.10 bits per heavy atom. The second kappa shape index (κ2) is 13.7. The minimum atomic E-state index is -5.26. The zero-order valence-electron chi connectivity index (χ0n) is 28.2. The Labute approximate surface area is 284 Å². The highest BCUT2D eigenvalue weighted by molar-refractivity contribution is 7.90. The van der Waals surface area contributed by atoms with Crippen LogP contribution in [0.2, 0.25) is 0 Å². The lowest BCUT2D eigenvalue weighted by molar-refractivity contribution is -0.143. The van der Waals surface area contributed by atoms with Crippen molar-refractivity contribution in [3.63, 3.8) is 0 Å². The van der Waals surface area contributed by atoms with Crippen LogP contribution < -0.4 is 10.0 Å². The molecule has 4 fully saturated rings. The first-order valence-corrected chi connectivity index (χ1v) is 18.9. The molecule has 2 amide bonds. The van der Waals surface area contributed by atoms with Crippen molar-refractivity contribution < 1.29 is 49.5 Å². The van der Waals surface area contributed by atoms with Crippen LogP contribution in [0.5, 0.6) is 0 Å². The maximum atomic E-state index is 13.2. The number of alkyl halides is 6. The van der Waals surface area contributed by atoms with Gasteiger partial charge in [0.2, 0.25) is 11.8 Å². The third kappa shape index (κ3) is 7.79. The number of amides is 2. The van der Waals surface area contributed by atoms with Crippen molar-refractivity contribution in [2.75, 3.05) is 6.54 Å². The van der Waals surface area contributed by atoms with Crippen LogP contribution in [-0.4, -0.2) is 38.0 Å². The Bertz CT molecular complexity index is 1480. The summed E-state index contributed by atoms with van der Waals surface area (Å²) in [6.45, 7) is 6.85. The summed E-state index contributed by atoms with van der Waals surface area (Å²) in [7, 11) is -5.06. The Kier molecular flexibility index (Phi) is 10.6. The van der Waals surface area contributed by atoms with E-state index in [1.807, 2.05) is 0 Å². The summed E-state index contributed by atoms with van der Waals surface area (Å²) in [5.41, 5.74) is -3.14. The number of carbonyl (C=O) groups excluding carboxylic acids is 2. The number of hydrogen-bond acceptors (Lipinski definition) is 5. The Morgan fingerprint density at radius 2 is 1.47 bits per heavy atom. The van der Waals surface area contributed by atoms with Crippen molar-refractivity contribution in [1.29, 1.82) is 0 Å². The third-order valence-corrected chi connectivity index (χ3v) is 14.4. The minimum absolute atomic E-state index is 0.0277. The first-order chi connectivity index (χ1) is 22.6. The third-order valence-electron chi connectivity index (χ3n) is 13.0. The average molecular weight is 723 g/mol. The Morgan fingerprint density at radius 1 is 0.857 bits per heavy atom. The molecule has 4 aliphatic carbocycles. The van der Waals surface area contributed by atoms with Gasteiger partial charge in [0.15, 0.2) is 0 Å². The molecular weight excluding hydrogens is 674 g/mol. The van der Waals surface area contributed by atoms with Crippen LogP contribution in [0.25, 0.3) is 0 Å². The van der Waals surface area contributed by atoms with Crippen molar-refractivity contribution in [1.82, 2.24) is 10.0 Å². The van der Waals surface area contributed by atoms with Crippen molar-refractivity contribution in [2.45, 2.75) is 121 Å². The van der Waals surface area contributed by atoms with E-state index in [4.69, 9.17) is 0 Å². The van der Waals surface area contributed by atoms with E-state index in [0.717, 1.165) is 25.7 Å². The fraction of sp³-hybridized carbons (Fsp3) is 0.771. The second-order valence-corrected chi connectivity index (χ2v) is 17.4. The molecule has 0 bridgehead atoms. The second-order valence-electron chi connectivity index (χ2n) is 15.7. The van der Waals surface area contributed by atoms with E-state index >= 15 is 0 Å². The van der Waals surface area contributed by atoms with Crippen LogP contribution in [0.3, 0.4) is 0 Å². The molecule has 0 spiro atoms. The van der Waals surface area contributed by atoms with Gasteiger partial charge in [-0.2, -0.15) is 26.3 Å². The van der Waals surface area contributed by atoms with Crippen molar-refractivity contribution >= 4 is 21.8 Å². The van der Waals surface area contributed by atoms with E-state index in [9.17, 15) is 49.5 Å². The Balaban J connectivity index is 1.10. The number of carbonyl (C=O) groups is 2. The van der Waals surface area contributed by atoms with Gasteiger partial charge in [0.05, 0.1) is 22.1 Å². The first kappa shape index (κ1) is 37.9. The van der Waals surface area contributed by atoms with Gasteiger partial charge in [-0.05, 0) is 129 Å². The lowest BCUT2D eigenvalue weighted by Crippen LogP contribution is -2.54. The van der Waals surface area contributed by atoms with Crippen LogP contribution in [-0.2, 0) is 32.0 Å². The molecule has 0 saturated heterocycles. The number of benzene rings is 1. The number of aliphatic hydroxyl groups excluding tert-OH is 1. The molecule has 0 heterocycles. The molecule has 1 aromatic rings. The Hall–Kier alpha value is -2.35. The number of hydrogen-bond donors (Lipinski definition) is 3. The van der Waals surface area contributed by atoms with E-state index in [0.29, 0.717) is 41.4 Å². The molecular formula is C35H48F6N2O5S. The summed E-state index contributed by atoms with van der Waals surface area (Å²) in [6, 6.07) is -0.151. The summed E-state index contributed by atoms with van der Waals surface area (Å²) >= 11 is 0. The predicted octanol–water partition coefficient (Wildman–Crippen LogP) is 7.47. The zero-order chi connectivity index (χ0) is 36.2. The highest BCUT2D eigenvalue weighted by Gasteiger charge is 2.60. The highest BCUT2D eigenvalue weighted by Crippen LogP contribution is 2.68. The van der Waals surface area contributed by atoms with E-state index in [1.165, 1.54) is 36.8 Å². The summed E-state index contributed by atoms with van der Waals surface area (Å²) in [5.74, 6) is 1.91. The standard InChI is InChI=1S/C35H48F6N2O5S/c1-20(27-7-8-28-26-6-5-21-17-24(44)10-13-32(21,2)29(26)11-14-33(27,28)3)4-9-30(45)42-15-12-31(46)43-49(47,48)25-18-22(34(36,37)38)16-23(19-25)35(39,40)41/h16,18-21,24,26-29,44H,4-15,17H2,1-3H3,(H,42,45)(H,43,46). The first-order valence-electron chi connectivity index (χ1n) is 17.4. The molecule has 49 heavy (non-hydrogen) atoms. The predicted molar refractivity (Wildman–Crippen MR) is 169 cm³/mol. The molecule has 0 aromatic heterocycles. The van der Waals surface area contributed by atoms with Crippen LogP contribution in [0.1, 0.15) is 109 Å². The number of sulfonamides is 1. The molecule has 1 aromatic carbocycles. The lowest BCUT2D eigenvalue weighted by atomic mass is 9.44. The topological polar surface area (TPSA) is 113 Å². The van der Waals surface area contributed by atoms with Gasteiger partial charge in [-0.3, -0.25) is 9.59 Å². The molecule has 0 aliphatic heterocycles. The van der Waals surface area contributed by atoms with Gasteiger partial charge < -0.3 is 10.4 Å². The fourth-order valence-corrected chi connectivity index (χ4v) is 11.6. The number of halogens is 6. The summed E-state index contributed by atoms with van der Waals surface area (Å²) in [5, 5.41) is 12.9. The smallest absolute Gasteiger partial charge is 0.393 e. The van der Waals surface area contributed by atoms with E-state index in [2.05, 4.69) is 26.1 Å². The monoisotopic (exact) mass is 722 g/mol. The van der Waals surface area contributed by atoms with Gasteiger partial charge in [0, 0.05) is 19.4 Å². The normalized spacial score (nSPS) is 33.9. The SMILES string of the molecule is CC(CCC(=O)NCCC(=O)NS(=O)(=O)c1cc(C(F)(F)F)cc(C(F)(F)F)c1)C1CCC2C3CCC4CC(O)CCC4(C)C3CCC12C. The molecule has 5 rings (SSSR count). The minimum Gasteiger partial charge on any atom is -0.393 e. The molecule has 9 unspecified atom stereocenters. The van der Waals surface area contributed by atoms with Crippen molar-refractivity contribution in [2.24, 2.45) is 46.3 Å². The van der Waals surface area contributed by atoms with Gasteiger partial charge in [-0.1, -0.05) is 20.8 Å². The zero-order valence-corrected chi connectivity index (χ0v) is 29.0. The number of rotatable bonds is 9. The van der Waals surface area contributed by atoms with E-state index in [1.54, 1.807) is 0 Å². The number of fused-ring (bicyclic) bond motifs is 5. The van der Waals surface area contributed by atoms with Crippen LogP contribution in [0, 0.1) is 46.3 Å². The summed E-state index contributed by atoms with van der Waals surface area (Å²) in [4.78, 5) is 23.6. The fourth-order valence-electron chi connectivity index (χ4n) is 10.5. The van der Waals surface area contributed by atoms with Crippen LogP contribution >= 0.6 is 0 Å². The van der Waals surface area contributed by atoms with Gasteiger partial charge in [-0.15, -0.1) is 0 Å². The molecule has 14 heteroatoms.